The number of methoxy groups -OCH3 is 1. The molecule has 1 aliphatic heterocycles. The van der Waals surface area contributed by atoms with Gasteiger partial charge in [0.25, 0.3) is 5.91 Å². The molecule has 188 valence electrons. The molecule has 1 heterocycles. The van der Waals surface area contributed by atoms with E-state index in [-0.39, 0.29) is 17.6 Å². The van der Waals surface area contributed by atoms with Crippen LogP contribution in [-0.2, 0) is 4.79 Å². The molecule has 38 heavy (non-hydrogen) atoms. The first-order valence-electron chi connectivity index (χ1n) is 12.8. The number of ketones is 1. The Hall–Kier alpha value is -4.64. The van der Waals surface area contributed by atoms with Crippen molar-refractivity contribution in [2.75, 3.05) is 17.3 Å². The highest BCUT2D eigenvalue weighted by Gasteiger charge is 2.41. The molecule has 0 radical (unpaired) electrons. The highest BCUT2D eigenvalue weighted by Crippen LogP contribution is 2.47. The first-order valence-corrected chi connectivity index (χ1v) is 12.8. The van der Waals surface area contributed by atoms with E-state index < -0.39 is 6.04 Å². The maximum Gasteiger partial charge on any atom is 0.259 e. The molecular weight excluding hydrogens is 472 g/mol. The van der Waals surface area contributed by atoms with E-state index in [1.165, 1.54) is 0 Å². The minimum absolute atomic E-state index is 0.0274. The second-order valence-electron chi connectivity index (χ2n) is 9.69. The number of hydrogen-bond acceptors (Lipinski definition) is 4. The number of benzene rings is 4. The quantitative estimate of drug-likeness (QED) is 0.331. The van der Waals surface area contributed by atoms with E-state index in [2.05, 4.69) is 5.32 Å². The summed E-state index contributed by atoms with van der Waals surface area (Å²) in [5.41, 5.74) is 5.65. The van der Waals surface area contributed by atoms with Crippen LogP contribution in [0.15, 0.2) is 120 Å². The molecule has 4 aromatic rings. The maximum absolute atomic E-state index is 14.2. The lowest BCUT2D eigenvalue weighted by Crippen LogP contribution is -2.38. The van der Waals surface area contributed by atoms with Crippen molar-refractivity contribution in [2.24, 2.45) is 0 Å². The van der Waals surface area contributed by atoms with Gasteiger partial charge in [0.2, 0.25) is 0 Å². The second-order valence-corrected chi connectivity index (χ2v) is 9.69. The van der Waals surface area contributed by atoms with Crippen molar-refractivity contribution in [3.63, 3.8) is 0 Å². The summed E-state index contributed by atoms with van der Waals surface area (Å²) in [7, 11) is 1.65. The summed E-state index contributed by atoms with van der Waals surface area (Å²) < 4.78 is 5.33. The van der Waals surface area contributed by atoms with E-state index in [0.717, 1.165) is 33.9 Å². The number of para-hydroxylation sites is 2. The van der Waals surface area contributed by atoms with E-state index in [1.807, 2.05) is 109 Å². The van der Waals surface area contributed by atoms with Gasteiger partial charge in [0.1, 0.15) is 5.75 Å². The number of rotatable bonds is 4. The number of Topliss-reactive ketones (excluding diaryl/α,β-unsaturated/α-hetero) is 1. The number of hydrogen-bond donors (Lipinski definition) is 1. The van der Waals surface area contributed by atoms with Gasteiger partial charge >= 0.3 is 0 Å². The highest BCUT2D eigenvalue weighted by molar-refractivity contribution is 6.12. The Kier molecular flexibility index (Phi) is 6.26. The number of fused-ring (bicyclic) bond motifs is 1. The maximum atomic E-state index is 14.2. The number of amides is 1. The van der Waals surface area contributed by atoms with Gasteiger partial charge in [0.15, 0.2) is 5.78 Å². The lowest BCUT2D eigenvalue weighted by Gasteiger charge is -2.35. The summed E-state index contributed by atoms with van der Waals surface area (Å²) in [6, 6.07) is 34.3. The third-order valence-electron chi connectivity index (χ3n) is 7.43. The van der Waals surface area contributed by atoms with Crippen LogP contribution >= 0.6 is 0 Å². The van der Waals surface area contributed by atoms with Crippen molar-refractivity contribution in [2.45, 2.75) is 24.8 Å². The van der Waals surface area contributed by atoms with Crippen LogP contribution in [0.5, 0.6) is 5.75 Å². The molecule has 0 spiro atoms. The first-order chi connectivity index (χ1) is 18.6. The third kappa shape index (κ3) is 4.26. The number of carbonyl (C=O) groups excluding carboxylic acids is 2. The molecule has 1 N–H and O–H groups in total. The van der Waals surface area contributed by atoms with Crippen molar-refractivity contribution in [3.05, 3.63) is 137 Å². The normalized spacial score (nSPS) is 18.7. The molecule has 0 aromatic heterocycles. The van der Waals surface area contributed by atoms with Gasteiger partial charge < -0.3 is 10.1 Å². The highest BCUT2D eigenvalue weighted by atomic mass is 16.5. The second kappa shape index (κ2) is 10.0. The van der Waals surface area contributed by atoms with Gasteiger partial charge in [0, 0.05) is 23.3 Å². The Morgan fingerprint density at radius 2 is 1.45 bits per heavy atom. The van der Waals surface area contributed by atoms with Crippen LogP contribution in [0.2, 0.25) is 0 Å². The monoisotopic (exact) mass is 500 g/mol. The van der Waals surface area contributed by atoms with E-state index in [0.29, 0.717) is 24.0 Å². The summed E-state index contributed by atoms with van der Waals surface area (Å²) in [6.45, 7) is 0. The van der Waals surface area contributed by atoms with Crippen LogP contribution in [-0.4, -0.2) is 18.8 Å². The Labute approximate surface area is 222 Å². The lowest BCUT2D eigenvalue weighted by molar-refractivity contribution is -0.116. The average molecular weight is 501 g/mol. The molecule has 0 fully saturated rings. The molecule has 0 bridgehead atoms. The molecule has 2 aliphatic rings. The summed E-state index contributed by atoms with van der Waals surface area (Å²) >= 11 is 0. The van der Waals surface area contributed by atoms with Crippen LogP contribution in [0.25, 0.3) is 0 Å². The average Bonchev–Trinajstić information content (AvgIpc) is 3.12. The summed E-state index contributed by atoms with van der Waals surface area (Å²) in [4.78, 5) is 30.0. The van der Waals surface area contributed by atoms with Gasteiger partial charge in [-0.15, -0.1) is 0 Å². The Morgan fingerprint density at radius 1 is 0.789 bits per heavy atom. The summed E-state index contributed by atoms with van der Waals surface area (Å²) in [5, 5.41) is 3.59. The van der Waals surface area contributed by atoms with Crippen LogP contribution in [0, 0.1) is 0 Å². The number of allylic oxidation sites excluding steroid dienone is 1. The standard InChI is InChI=1S/C33H28N2O3/c1-38-26-18-16-22(17-19-26)25-20-28-31(30(36)21-25)32(23-10-4-2-5-11-23)35(29-15-9-8-14-27(29)34-28)33(37)24-12-6-3-7-13-24/h2-19,25,32,34H,20-21H2,1H3/t25-,32+/m1/s1. The molecule has 1 amide bonds. The number of nitrogens with zero attached hydrogens (tertiary/aromatic N) is 1. The fourth-order valence-corrected chi connectivity index (χ4v) is 5.60. The van der Waals surface area contributed by atoms with E-state index in [9.17, 15) is 9.59 Å². The van der Waals surface area contributed by atoms with Crippen LogP contribution in [0.1, 0.15) is 46.3 Å². The van der Waals surface area contributed by atoms with Crippen molar-refractivity contribution < 1.29 is 14.3 Å². The van der Waals surface area contributed by atoms with Gasteiger partial charge in [-0.1, -0.05) is 72.8 Å². The predicted octanol–water partition coefficient (Wildman–Crippen LogP) is 6.91. The zero-order chi connectivity index (χ0) is 26.1. The van der Waals surface area contributed by atoms with E-state index >= 15 is 0 Å². The Morgan fingerprint density at radius 3 is 2.16 bits per heavy atom. The van der Waals surface area contributed by atoms with Gasteiger partial charge in [-0.25, -0.2) is 0 Å². The van der Waals surface area contributed by atoms with Gasteiger partial charge in [-0.3, -0.25) is 14.5 Å². The van der Waals surface area contributed by atoms with Gasteiger partial charge in [-0.05, 0) is 59.9 Å². The first kappa shape index (κ1) is 23.7. The topological polar surface area (TPSA) is 58.6 Å². The molecule has 5 heteroatoms. The number of nitrogens with one attached hydrogen (secondary N) is 1. The fraction of sp³-hybridized carbons (Fsp3) is 0.152. The molecule has 0 saturated carbocycles. The summed E-state index contributed by atoms with van der Waals surface area (Å²) in [6.07, 6.45) is 1.04. The molecule has 4 aromatic carbocycles. The van der Waals surface area contributed by atoms with Crippen LogP contribution in [0.4, 0.5) is 11.4 Å². The Bertz CT molecular complexity index is 1510. The minimum Gasteiger partial charge on any atom is -0.497 e. The smallest absolute Gasteiger partial charge is 0.259 e. The molecule has 1 aliphatic carbocycles. The van der Waals surface area contributed by atoms with E-state index in [1.54, 1.807) is 12.0 Å². The number of anilines is 2. The van der Waals surface area contributed by atoms with Gasteiger partial charge in [0.05, 0.1) is 24.5 Å². The van der Waals surface area contributed by atoms with Gasteiger partial charge in [-0.2, -0.15) is 0 Å². The largest absolute Gasteiger partial charge is 0.497 e. The SMILES string of the molecule is COc1ccc([C@H]2CC(=O)C3=C(C2)Nc2ccccc2N(C(=O)c2ccccc2)[C@H]3c2ccccc2)cc1. The summed E-state index contributed by atoms with van der Waals surface area (Å²) in [5.74, 6) is 0.718. The molecular formula is C33H28N2O3. The molecule has 2 atom stereocenters. The Balaban J connectivity index is 1.52. The van der Waals surface area contributed by atoms with Crippen molar-refractivity contribution in [1.29, 1.82) is 0 Å². The number of ether oxygens (including phenoxy) is 1. The van der Waals surface area contributed by atoms with Crippen molar-refractivity contribution in [3.8, 4) is 5.75 Å². The minimum atomic E-state index is -0.556. The lowest BCUT2D eigenvalue weighted by atomic mass is 9.78. The fourth-order valence-electron chi connectivity index (χ4n) is 5.60. The zero-order valence-electron chi connectivity index (χ0n) is 21.1. The van der Waals surface area contributed by atoms with E-state index in [4.69, 9.17) is 4.74 Å². The van der Waals surface area contributed by atoms with Crippen LogP contribution in [0.3, 0.4) is 0 Å². The molecule has 5 nitrogen and oxygen atoms in total. The molecule has 6 rings (SSSR count). The van der Waals surface area contributed by atoms with Crippen molar-refractivity contribution in [1.82, 2.24) is 0 Å². The molecule has 0 unspecified atom stereocenters. The third-order valence-corrected chi connectivity index (χ3v) is 7.43. The molecule has 0 saturated heterocycles. The number of carbonyl (C=O) groups is 2. The zero-order valence-corrected chi connectivity index (χ0v) is 21.1. The van der Waals surface area contributed by atoms with Crippen molar-refractivity contribution >= 4 is 23.1 Å². The predicted molar refractivity (Wildman–Crippen MR) is 150 cm³/mol. The van der Waals surface area contributed by atoms with Crippen LogP contribution < -0.4 is 15.0 Å².